The Kier molecular flexibility index (Phi) is 9.24. The number of likely N-dealkylation sites (tertiary alicyclic amines) is 1. The van der Waals surface area contributed by atoms with E-state index in [1.54, 1.807) is 11.8 Å². The Hall–Kier alpha value is -2.09. The van der Waals surface area contributed by atoms with Gasteiger partial charge in [0.05, 0.1) is 30.9 Å². The summed E-state index contributed by atoms with van der Waals surface area (Å²) in [5.41, 5.74) is 1.07. The molecule has 3 atom stereocenters. The lowest BCUT2D eigenvalue weighted by molar-refractivity contribution is -0.144. The molecule has 5 nitrogen and oxygen atoms in total. The number of carbonyl (C=O) groups excluding carboxylic acids is 2. The molecule has 1 aliphatic heterocycles. The van der Waals surface area contributed by atoms with Crippen LogP contribution in [0.5, 0.6) is 0 Å². The Morgan fingerprint density at radius 3 is 2.20 bits per heavy atom. The fraction of sp³-hybridized carbons (Fsp3) is 0.500. The smallest absolute Gasteiger partial charge is 0.306 e. The van der Waals surface area contributed by atoms with Gasteiger partial charge in [-0.05, 0) is 42.8 Å². The van der Waals surface area contributed by atoms with Crippen LogP contribution in [-0.2, 0) is 25.3 Å². The molecule has 3 rings (SSSR count). The van der Waals surface area contributed by atoms with E-state index in [-0.39, 0.29) is 40.5 Å². The van der Waals surface area contributed by atoms with E-state index >= 15 is 0 Å². The SMILES string of the molecule is CCOC(=O)C[C@H]1[C@H](Sc2ccccc2)C(=O)N(Cc2ccccc2)[C@@H]1CO[Si](C)(C)C(C)(C)C. The topological polar surface area (TPSA) is 55.8 Å². The molecule has 1 aliphatic rings. The summed E-state index contributed by atoms with van der Waals surface area (Å²) in [5.74, 6) is -0.413. The number of ether oxygens (including phenoxy) is 1. The molecule has 1 heterocycles. The molecular formula is C28H39NO4SSi. The minimum absolute atomic E-state index is 0.0503. The van der Waals surface area contributed by atoms with Crippen molar-refractivity contribution in [2.75, 3.05) is 13.2 Å². The van der Waals surface area contributed by atoms with Crippen LogP contribution in [0, 0.1) is 5.92 Å². The van der Waals surface area contributed by atoms with Gasteiger partial charge in [0, 0.05) is 17.4 Å². The molecule has 0 N–H and O–H groups in total. The second-order valence-electron chi connectivity index (χ2n) is 10.6. The van der Waals surface area contributed by atoms with Crippen molar-refractivity contribution in [3.63, 3.8) is 0 Å². The lowest BCUT2D eigenvalue weighted by Crippen LogP contribution is -2.46. The Balaban J connectivity index is 1.96. The van der Waals surface area contributed by atoms with Crippen molar-refractivity contribution in [1.29, 1.82) is 0 Å². The number of esters is 1. The number of carbonyl (C=O) groups is 2. The lowest BCUT2D eigenvalue weighted by atomic mass is 9.96. The van der Waals surface area contributed by atoms with Gasteiger partial charge in [0.25, 0.3) is 0 Å². The number of nitrogens with zero attached hydrogens (tertiary/aromatic N) is 1. The largest absolute Gasteiger partial charge is 0.466 e. The zero-order valence-corrected chi connectivity index (χ0v) is 23.6. The molecule has 7 heteroatoms. The van der Waals surface area contributed by atoms with Gasteiger partial charge < -0.3 is 14.1 Å². The van der Waals surface area contributed by atoms with E-state index in [9.17, 15) is 9.59 Å². The second-order valence-corrected chi connectivity index (χ2v) is 16.6. The van der Waals surface area contributed by atoms with E-state index < -0.39 is 8.32 Å². The van der Waals surface area contributed by atoms with Crippen molar-refractivity contribution in [2.45, 2.75) is 75.0 Å². The molecule has 2 aromatic carbocycles. The van der Waals surface area contributed by atoms with Crippen LogP contribution in [0.15, 0.2) is 65.6 Å². The first-order valence-corrected chi connectivity index (χ1v) is 16.2. The Labute approximate surface area is 215 Å². The Morgan fingerprint density at radius 1 is 1.03 bits per heavy atom. The van der Waals surface area contributed by atoms with Gasteiger partial charge in [0.15, 0.2) is 8.32 Å². The molecule has 1 saturated heterocycles. The molecule has 0 spiro atoms. The summed E-state index contributed by atoms with van der Waals surface area (Å²) in [4.78, 5) is 29.5. The molecule has 0 bridgehead atoms. The van der Waals surface area contributed by atoms with Crippen LogP contribution in [0.1, 0.15) is 39.7 Å². The highest BCUT2D eigenvalue weighted by Crippen LogP contribution is 2.42. The van der Waals surface area contributed by atoms with Gasteiger partial charge in [0.2, 0.25) is 5.91 Å². The Morgan fingerprint density at radius 2 is 1.63 bits per heavy atom. The van der Waals surface area contributed by atoms with E-state index in [1.807, 2.05) is 72.5 Å². The standard InChI is InChI=1S/C28H39NO4SSi/c1-7-32-25(30)18-23-24(20-33-35(5,6)28(2,3)4)29(19-21-14-10-8-11-15-21)27(31)26(23)34-22-16-12-9-13-17-22/h8-17,23-24,26H,7,18-20H2,1-6H3/t23-,24-,26+/m1/s1. The average molecular weight is 514 g/mol. The molecule has 0 saturated carbocycles. The van der Waals surface area contributed by atoms with Gasteiger partial charge in [-0.25, -0.2) is 0 Å². The molecule has 190 valence electrons. The Bertz CT molecular complexity index is 977. The lowest BCUT2D eigenvalue weighted by Gasteiger charge is -2.38. The minimum atomic E-state index is -2.06. The quantitative estimate of drug-likeness (QED) is 0.282. The predicted molar refractivity (Wildman–Crippen MR) is 145 cm³/mol. The predicted octanol–water partition coefficient (Wildman–Crippen LogP) is 6.15. The number of hydrogen-bond donors (Lipinski definition) is 0. The van der Waals surface area contributed by atoms with Crippen molar-refractivity contribution in [3.05, 3.63) is 66.2 Å². The molecule has 1 fully saturated rings. The molecule has 0 radical (unpaired) electrons. The highest BCUT2D eigenvalue weighted by molar-refractivity contribution is 8.00. The summed E-state index contributed by atoms with van der Waals surface area (Å²) in [6.45, 7) is 14.1. The summed E-state index contributed by atoms with van der Waals surface area (Å²) >= 11 is 1.54. The molecule has 2 aromatic rings. The maximum absolute atomic E-state index is 13.9. The van der Waals surface area contributed by atoms with Crippen LogP contribution in [-0.4, -0.2) is 49.6 Å². The van der Waals surface area contributed by atoms with Crippen LogP contribution in [0.2, 0.25) is 18.1 Å². The molecule has 0 unspecified atom stereocenters. The van der Waals surface area contributed by atoms with Gasteiger partial charge in [-0.2, -0.15) is 0 Å². The first-order valence-electron chi connectivity index (χ1n) is 12.4. The maximum Gasteiger partial charge on any atom is 0.306 e. The fourth-order valence-corrected chi connectivity index (χ4v) is 6.40. The van der Waals surface area contributed by atoms with E-state index in [2.05, 4.69) is 33.9 Å². The van der Waals surface area contributed by atoms with Gasteiger partial charge >= 0.3 is 5.97 Å². The van der Waals surface area contributed by atoms with E-state index in [1.165, 1.54) is 0 Å². The highest BCUT2D eigenvalue weighted by atomic mass is 32.2. The average Bonchev–Trinajstić information content (AvgIpc) is 3.03. The first kappa shape index (κ1) is 27.5. The minimum Gasteiger partial charge on any atom is -0.466 e. The highest BCUT2D eigenvalue weighted by Gasteiger charge is 2.50. The third-order valence-corrected chi connectivity index (χ3v) is 13.0. The summed E-state index contributed by atoms with van der Waals surface area (Å²) < 4.78 is 12.0. The van der Waals surface area contributed by atoms with Crippen LogP contribution in [0.3, 0.4) is 0 Å². The van der Waals surface area contributed by atoms with E-state index in [0.29, 0.717) is 19.8 Å². The zero-order chi connectivity index (χ0) is 25.6. The first-order chi connectivity index (χ1) is 16.5. The second kappa shape index (κ2) is 11.8. The number of rotatable bonds is 10. The van der Waals surface area contributed by atoms with Crippen molar-refractivity contribution >= 4 is 32.0 Å². The van der Waals surface area contributed by atoms with E-state index in [4.69, 9.17) is 9.16 Å². The third kappa shape index (κ3) is 6.99. The van der Waals surface area contributed by atoms with Crippen LogP contribution < -0.4 is 0 Å². The van der Waals surface area contributed by atoms with Crippen LogP contribution in [0.25, 0.3) is 0 Å². The van der Waals surface area contributed by atoms with Crippen LogP contribution >= 0.6 is 11.8 Å². The monoisotopic (exact) mass is 513 g/mol. The summed E-state index contributed by atoms with van der Waals surface area (Å²) in [6, 6.07) is 19.8. The van der Waals surface area contributed by atoms with Crippen LogP contribution in [0.4, 0.5) is 0 Å². The summed E-state index contributed by atoms with van der Waals surface area (Å²) in [5, 5.41) is -0.326. The number of thioether (sulfide) groups is 1. The molecular weight excluding hydrogens is 474 g/mol. The maximum atomic E-state index is 13.9. The number of amides is 1. The van der Waals surface area contributed by atoms with Crippen molar-refractivity contribution in [2.24, 2.45) is 5.92 Å². The molecule has 1 amide bonds. The van der Waals surface area contributed by atoms with Gasteiger partial charge in [-0.1, -0.05) is 69.3 Å². The summed E-state index contributed by atoms with van der Waals surface area (Å²) in [7, 11) is -2.06. The zero-order valence-electron chi connectivity index (χ0n) is 21.8. The van der Waals surface area contributed by atoms with Crippen molar-refractivity contribution in [3.8, 4) is 0 Å². The fourth-order valence-electron chi connectivity index (χ4n) is 4.08. The van der Waals surface area contributed by atoms with E-state index in [0.717, 1.165) is 10.5 Å². The molecule has 0 aromatic heterocycles. The van der Waals surface area contributed by atoms with Gasteiger partial charge in [-0.3, -0.25) is 9.59 Å². The van der Waals surface area contributed by atoms with Gasteiger partial charge in [0.1, 0.15) is 0 Å². The summed E-state index contributed by atoms with van der Waals surface area (Å²) in [6.07, 6.45) is 0.195. The molecule has 35 heavy (non-hydrogen) atoms. The van der Waals surface area contributed by atoms with Crippen molar-refractivity contribution in [1.82, 2.24) is 4.90 Å². The third-order valence-electron chi connectivity index (χ3n) is 7.14. The number of hydrogen-bond acceptors (Lipinski definition) is 5. The van der Waals surface area contributed by atoms with Gasteiger partial charge in [-0.15, -0.1) is 11.8 Å². The molecule has 0 aliphatic carbocycles. The van der Waals surface area contributed by atoms with Crippen molar-refractivity contribution < 1.29 is 18.8 Å². The normalized spacial score (nSPS) is 20.8. The number of benzene rings is 2.